The monoisotopic (exact) mass is 311 g/mol. The highest BCUT2D eigenvalue weighted by atomic mass is 32.1. The first-order valence-corrected chi connectivity index (χ1v) is 8.47. The van der Waals surface area contributed by atoms with Gasteiger partial charge in [0.15, 0.2) is 5.13 Å². The summed E-state index contributed by atoms with van der Waals surface area (Å²) in [7, 11) is 0. The highest BCUT2D eigenvalue weighted by Gasteiger charge is 2.34. The molecule has 0 bridgehead atoms. The molecular weight excluding hydrogens is 286 g/mol. The van der Waals surface area contributed by atoms with E-state index in [0.717, 1.165) is 11.7 Å². The number of nitrogens with zero attached hydrogens (tertiary/aromatic N) is 1. The largest absolute Gasteiger partial charge is 0.480 e. The average molecular weight is 311 g/mol. The van der Waals surface area contributed by atoms with Crippen molar-refractivity contribution in [2.75, 3.05) is 11.9 Å². The molecule has 1 aromatic heterocycles. The summed E-state index contributed by atoms with van der Waals surface area (Å²) in [4.78, 5) is 15.2. The van der Waals surface area contributed by atoms with Crippen LogP contribution in [0.15, 0.2) is 5.38 Å². The van der Waals surface area contributed by atoms with Crippen LogP contribution >= 0.6 is 11.3 Å². The summed E-state index contributed by atoms with van der Waals surface area (Å²) in [5, 5.41) is 14.8. The average Bonchev–Trinajstić information content (AvgIpc) is 3.04. The van der Waals surface area contributed by atoms with Gasteiger partial charge >= 0.3 is 5.97 Å². The van der Waals surface area contributed by atoms with E-state index in [1.807, 2.05) is 0 Å². The number of nitrogens with one attached hydrogen (secondary N) is 1. The highest BCUT2D eigenvalue weighted by molar-refractivity contribution is 7.13. The summed E-state index contributed by atoms with van der Waals surface area (Å²) in [6, 6.07) is -1.03. The fourth-order valence-electron chi connectivity index (χ4n) is 3.34. The first kappa shape index (κ1) is 16.2. The molecule has 2 rings (SSSR count). The van der Waals surface area contributed by atoms with Crippen LogP contribution in [-0.2, 0) is 4.79 Å². The number of nitrogens with two attached hydrogens (primary N) is 1. The summed E-state index contributed by atoms with van der Waals surface area (Å²) in [6.07, 6.45) is 6.38. The number of carbonyl (C=O) groups is 1. The van der Waals surface area contributed by atoms with Crippen LogP contribution in [0.2, 0.25) is 0 Å². The van der Waals surface area contributed by atoms with E-state index < -0.39 is 12.0 Å². The third-order valence-corrected chi connectivity index (χ3v) is 5.04. The minimum Gasteiger partial charge on any atom is -0.480 e. The molecule has 4 N–H and O–H groups in total. The molecule has 5 nitrogen and oxygen atoms in total. The topological polar surface area (TPSA) is 88.2 Å². The Kier molecular flexibility index (Phi) is 5.22. The van der Waals surface area contributed by atoms with Gasteiger partial charge in [-0.2, -0.15) is 0 Å². The molecule has 1 fully saturated rings. The Morgan fingerprint density at radius 1 is 1.52 bits per heavy atom. The van der Waals surface area contributed by atoms with Crippen molar-refractivity contribution in [1.29, 1.82) is 0 Å². The normalized spacial score (nSPS) is 18.9. The summed E-state index contributed by atoms with van der Waals surface area (Å²) in [6.45, 7) is 5.46. The van der Waals surface area contributed by atoms with Crippen molar-refractivity contribution in [2.45, 2.75) is 52.0 Å². The summed E-state index contributed by atoms with van der Waals surface area (Å²) in [5.74, 6) is -0.351. The minimum absolute atomic E-state index is 0.370. The molecular formula is C15H25N3O2S. The number of hydrogen-bond donors (Lipinski definition) is 3. The maximum absolute atomic E-state index is 10.9. The second-order valence-electron chi connectivity index (χ2n) is 6.55. The van der Waals surface area contributed by atoms with E-state index >= 15 is 0 Å². The van der Waals surface area contributed by atoms with E-state index in [1.54, 1.807) is 5.38 Å². The Balaban J connectivity index is 1.97. The lowest BCUT2D eigenvalue weighted by Gasteiger charge is -2.31. The van der Waals surface area contributed by atoms with E-state index in [2.05, 4.69) is 24.1 Å². The molecule has 6 heteroatoms. The molecule has 0 saturated heterocycles. The number of aliphatic carboxylic acids is 1. The number of rotatable bonds is 7. The van der Waals surface area contributed by atoms with Gasteiger partial charge in [-0.25, -0.2) is 4.98 Å². The number of carboxylic acids is 1. The smallest absolute Gasteiger partial charge is 0.326 e. The molecule has 1 unspecified atom stereocenters. The number of hydrogen-bond acceptors (Lipinski definition) is 5. The van der Waals surface area contributed by atoms with Gasteiger partial charge in [-0.3, -0.25) is 4.79 Å². The number of carboxylic acid groups (broad SMARTS) is 1. The molecule has 0 spiro atoms. The molecule has 0 aliphatic heterocycles. The zero-order valence-corrected chi connectivity index (χ0v) is 13.6. The van der Waals surface area contributed by atoms with Crippen molar-refractivity contribution in [3.05, 3.63) is 11.1 Å². The van der Waals surface area contributed by atoms with Crippen molar-refractivity contribution in [3.8, 4) is 0 Å². The molecule has 1 saturated carbocycles. The Hall–Kier alpha value is -1.14. The van der Waals surface area contributed by atoms with Gasteiger partial charge in [0.2, 0.25) is 0 Å². The van der Waals surface area contributed by atoms with Gasteiger partial charge in [0.1, 0.15) is 6.04 Å². The van der Waals surface area contributed by atoms with Crippen LogP contribution in [0.4, 0.5) is 5.13 Å². The summed E-state index contributed by atoms with van der Waals surface area (Å²) in [5.41, 5.74) is 6.38. The summed E-state index contributed by atoms with van der Waals surface area (Å²) >= 11 is 1.43. The zero-order valence-electron chi connectivity index (χ0n) is 12.8. The lowest BCUT2D eigenvalue weighted by atomic mass is 9.78. The molecule has 0 aromatic carbocycles. The van der Waals surface area contributed by atoms with E-state index in [4.69, 9.17) is 10.8 Å². The molecule has 1 aliphatic carbocycles. The second-order valence-corrected chi connectivity index (χ2v) is 7.41. The van der Waals surface area contributed by atoms with Crippen LogP contribution in [0.1, 0.15) is 57.7 Å². The van der Waals surface area contributed by atoms with Gasteiger partial charge in [-0.1, -0.05) is 26.7 Å². The van der Waals surface area contributed by atoms with Crippen LogP contribution in [0, 0.1) is 11.3 Å². The Morgan fingerprint density at radius 3 is 2.76 bits per heavy atom. The van der Waals surface area contributed by atoms with Gasteiger partial charge < -0.3 is 16.2 Å². The molecule has 0 radical (unpaired) electrons. The number of thiazole rings is 1. The number of anilines is 1. The van der Waals surface area contributed by atoms with Crippen molar-refractivity contribution < 1.29 is 9.90 Å². The SMILES string of the molecule is CC(C)CC1(CNc2nc(C(N)C(=O)O)cs2)CCCC1. The molecule has 1 aromatic rings. The van der Waals surface area contributed by atoms with Crippen molar-refractivity contribution >= 4 is 22.4 Å². The fraction of sp³-hybridized carbons (Fsp3) is 0.733. The van der Waals surface area contributed by atoms with Gasteiger partial charge in [0.25, 0.3) is 0 Å². The molecule has 118 valence electrons. The van der Waals surface area contributed by atoms with E-state index in [1.165, 1.54) is 43.4 Å². The van der Waals surface area contributed by atoms with Crippen molar-refractivity contribution in [2.24, 2.45) is 17.1 Å². The van der Waals surface area contributed by atoms with E-state index in [-0.39, 0.29) is 0 Å². The van der Waals surface area contributed by atoms with E-state index in [0.29, 0.717) is 17.0 Å². The molecule has 21 heavy (non-hydrogen) atoms. The first-order chi connectivity index (χ1) is 9.92. The third-order valence-electron chi connectivity index (χ3n) is 4.23. The number of aromatic nitrogens is 1. The Morgan fingerprint density at radius 2 is 2.19 bits per heavy atom. The van der Waals surface area contributed by atoms with Crippen molar-refractivity contribution in [1.82, 2.24) is 4.98 Å². The Bertz CT molecular complexity index is 481. The molecule has 0 amide bonds. The minimum atomic E-state index is -1.04. The maximum atomic E-state index is 10.9. The summed E-state index contributed by atoms with van der Waals surface area (Å²) < 4.78 is 0. The fourth-order valence-corrected chi connectivity index (χ4v) is 4.09. The highest BCUT2D eigenvalue weighted by Crippen LogP contribution is 2.43. The van der Waals surface area contributed by atoms with Crippen LogP contribution in [-0.4, -0.2) is 22.6 Å². The predicted octanol–water partition coefficient (Wildman–Crippen LogP) is 3.25. The molecule has 1 aliphatic rings. The van der Waals surface area contributed by atoms with Crippen LogP contribution < -0.4 is 11.1 Å². The van der Waals surface area contributed by atoms with Gasteiger partial charge in [-0.15, -0.1) is 11.3 Å². The first-order valence-electron chi connectivity index (χ1n) is 7.59. The van der Waals surface area contributed by atoms with Crippen LogP contribution in [0.3, 0.4) is 0 Å². The standard InChI is InChI=1S/C15H25N3O2S/c1-10(2)7-15(5-3-4-6-15)9-17-14-18-11(8-21-14)12(16)13(19)20/h8,10,12H,3-7,9,16H2,1-2H3,(H,17,18)(H,19,20). The maximum Gasteiger partial charge on any atom is 0.326 e. The predicted molar refractivity (Wildman–Crippen MR) is 85.5 cm³/mol. The van der Waals surface area contributed by atoms with E-state index in [9.17, 15) is 4.79 Å². The molecule has 1 atom stereocenters. The van der Waals surface area contributed by atoms with Gasteiger partial charge in [0, 0.05) is 11.9 Å². The third kappa shape index (κ3) is 4.17. The van der Waals surface area contributed by atoms with Gasteiger partial charge in [0.05, 0.1) is 5.69 Å². The second kappa shape index (κ2) is 6.75. The quantitative estimate of drug-likeness (QED) is 0.719. The van der Waals surface area contributed by atoms with Crippen LogP contribution in [0.5, 0.6) is 0 Å². The van der Waals surface area contributed by atoms with Crippen LogP contribution in [0.25, 0.3) is 0 Å². The lowest BCUT2D eigenvalue weighted by molar-refractivity contribution is -0.138. The molecule has 1 heterocycles. The zero-order chi connectivity index (χ0) is 15.5. The van der Waals surface area contributed by atoms with Gasteiger partial charge in [-0.05, 0) is 30.6 Å². The lowest BCUT2D eigenvalue weighted by Crippen LogP contribution is -2.28. The van der Waals surface area contributed by atoms with Crippen molar-refractivity contribution in [3.63, 3.8) is 0 Å². The Labute approximate surface area is 130 Å².